The monoisotopic (exact) mass is 310 g/mol. The molecule has 1 saturated carbocycles. The van der Waals surface area contributed by atoms with Crippen molar-refractivity contribution < 1.29 is 9.59 Å². The Morgan fingerprint density at radius 1 is 1.30 bits per heavy atom. The van der Waals surface area contributed by atoms with Gasteiger partial charge in [-0.2, -0.15) is 0 Å². The molecule has 0 spiro atoms. The average molecular weight is 310 g/mol. The molecule has 0 bridgehead atoms. The number of rotatable bonds is 4. The van der Waals surface area contributed by atoms with Gasteiger partial charge in [-0.25, -0.2) is 4.98 Å². The number of aryl methyl sites for hydroxylation is 1. The Hall–Kier alpha value is -0.880. The van der Waals surface area contributed by atoms with E-state index < -0.39 is 0 Å². The van der Waals surface area contributed by atoms with Gasteiger partial charge >= 0.3 is 0 Å². The molecule has 1 amide bonds. The number of carbonyl (C=O) groups excluding carboxylic acids is 2. The third-order valence-electron chi connectivity index (χ3n) is 3.77. The average Bonchev–Trinajstić information content (AvgIpc) is 3.05. The summed E-state index contributed by atoms with van der Waals surface area (Å²) in [7, 11) is 0. The summed E-state index contributed by atoms with van der Waals surface area (Å²) in [5.41, 5.74) is 0.866. The second-order valence-corrected chi connectivity index (χ2v) is 7.62. The minimum atomic E-state index is 0.000413. The van der Waals surface area contributed by atoms with Crippen molar-refractivity contribution in [3.63, 3.8) is 0 Å². The fraction of sp³-hybridized carbons (Fsp3) is 0.643. The highest BCUT2D eigenvalue weighted by Gasteiger charge is 2.23. The number of thiazole rings is 1. The molecule has 4 nitrogen and oxygen atoms in total. The summed E-state index contributed by atoms with van der Waals surface area (Å²) in [5.74, 6) is 0.660. The highest BCUT2D eigenvalue weighted by atomic mass is 32.2. The summed E-state index contributed by atoms with van der Waals surface area (Å²) in [6.45, 7) is 0. The van der Waals surface area contributed by atoms with Crippen molar-refractivity contribution in [2.45, 2.75) is 50.2 Å². The molecule has 0 aliphatic heterocycles. The minimum Gasteiger partial charge on any atom is -0.301 e. The second kappa shape index (κ2) is 6.26. The van der Waals surface area contributed by atoms with Crippen LogP contribution in [0.5, 0.6) is 0 Å². The van der Waals surface area contributed by atoms with Gasteiger partial charge in [0.25, 0.3) is 0 Å². The van der Waals surface area contributed by atoms with Crippen molar-refractivity contribution in [2.24, 2.45) is 0 Å². The predicted octanol–water partition coefficient (Wildman–Crippen LogP) is 3.28. The highest BCUT2D eigenvalue weighted by molar-refractivity contribution is 8.00. The molecule has 0 atom stereocenters. The van der Waals surface area contributed by atoms with E-state index in [1.807, 2.05) is 0 Å². The lowest BCUT2D eigenvalue weighted by molar-refractivity contribution is -0.113. The van der Waals surface area contributed by atoms with Gasteiger partial charge in [0, 0.05) is 11.7 Å². The van der Waals surface area contributed by atoms with Gasteiger partial charge in [-0.3, -0.25) is 9.59 Å². The summed E-state index contributed by atoms with van der Waals surface area (Å²) in [5, 5.41) is 4.07. The maximum atomic E-state index is 11.9. The van der Waals surface area contributed by atoms with Crippen LogP contribution in [0.3, 0.4) is 0 Å². The summed E-state index contributed by atoms with van der Waals surface area (Å²) in [6, 6.07) is 0. The number of nitrogens with zero attached hydrogens (tertiary/aromatic N) is 1. The molecular formula is C14H18N2O2S2. The molecule has 0 aromatic carbocycles. The Kier molecular flexibility index (Phi) is 4.41. The largest absolute Gasteiger partial charge is 0.301 e. The third kappa shape index (κ3) is 3.23. The fourth-order valence-corrected chi connectivity index (χ4v) is 4.85. The van der Waals surface area contributed by atoms with Gasteiger partial charge < -0.3 is 5.32 Å². The zero-order valence-electron chi connectivity index (χ0n) is 11.3. The van der Waals surface area contributed by atoms with Crippen molar-refractivity contribution in [1.82, 2.24) is 4.98 Å². The third-order valence-corrected chi connectivity index (χ3v) is 6.19. The SMILES string of the molecule is O=C(CSC1CCCC1)Nc1nc2c(s1)C(=O)CCC2. The number of thioether (sulfide) groups is 1. The Bertz CT molecular complexity index is 521. The first-order chi connectivity index (χ1) is 9.72. The number of ketones is 1. The van der Waals surface area contributed by atoms with Crippen LogP contribution in [0.4, 0.5) is 5.13 Å². The number of nitrogens with one attached hydrogen (secondary N) is 1. The van der Waals surface area contributed by atoms with Crippen LogP contribution in [0.15, 0.2) is 0 Å². The number of fused-ring (bicyclic) bond motifs is 1. The first-order valence-electron chi connectivity index (χ1n) is 7.17. The molecule has 0 unspecified atom stereocenters. The quantitative estimate of drug-likeness (QED) is 0.927. The number of hydrogen-bond donors (Lipinski definition) is 1. The van der Waals surface area contributed by atoms with Crippen molar-refractivity contribution in [3.05, 3.63) is 10.6 Å². The normalized spacial score (nSPS) is 19.1. The molecule has 1 aromatic heterocycles. The second-order valence-electron chi connectivity index (χ2n) is 5.34. The molecule has 6 heteroatoms. The molecule has 1 fully saturated rings. The van der Waals surface area contributed by atoms with Crippen LogP contribution < -0.4 is 5.32 Å². The molecule has 108 valence electrons. The molecule has 1 aromatic rings. The van der Waals surface area contributed by atoms with Crippen LogP contribution in [-0.2, 0) is 11.2 Å². The van der Waals surface area contributed by atoms with Crippen molar-refractivity contribution >= 4 is 39.9 Å². The van der Waals surface area contributed by atoms with E-state index in [0.717, 1.165) is 23.4 Å². The fourth-order valence-electron chi connectivity index (χ4n) is 2.73. The number of anilines is 1. The number of amides is 1. The van der Waals surface area contributed by atoms with E-state index in [1.54, 1.807) is 11.8 Å². The lowest BCUT2D eigenvalue weighted by Gasteiger charge is -2.07. The van der Waals surface area contributed by atoms with Crippen LogP contribution in [0, 0.1) is 0 Å². The van der Waals surface area contributed by atoms with Crippen molar-refractivity contribution in [3.8, 4) is 0 Å². The molecule has 0 saturated heterocycles. The van der Waals surface area contributed by atoms with Crippen molar-refractivity contribution in [2.75, 3.05) is 11.1 Å². The summed E-state index contributed by atoms with van der Waals surface area (Å²) < 4.78 is 0. The van der Waals surface area contributed by atoms with Crippen LogP contribution in [0.2, 0.25) is 0 Å². The predicted molar refractivity (Wildman–Crippen MR) is 82.7 cm³/mol. The van der Waals surface area contributed by atoms with Gasteiger partial charge in [-0.15, -0.1) is 11.8 Å². The van der Waals surface area contributed by atoms with E-state index in [4.69, 9.17) is 0 Å². The van der Waals surface area contributed by atoms with Gasteiger partial charge in [0.1, 0.15) is 0 Å². The number of carbonyl (C=O) groups is 2. The summed E-state index contributed by atoms with van der Waals surface area (Å²) in [4.78, 5) is 28.8. The topological polar surface area (TPSA) is 59.1 Å². The van der Waals surface area contributed by atoms with Gasteiger partial charge in [0.05, 0.1) is 16.3 Å². The minimum absolute atomic E-state index is 0.000413. The van der Waals surface area contributed by atoms with E-state index in [0.29, 0.717) is 22.6 Å². The number of Topliss-reactive ketones (excluding diaryl/α,β-unsaturated/α-hetero) is 1. The molecule has 1 heterocycles. The Morgan fingerprint density at radius 3 is 2.85 bits per heavy atom. The van der Waals surface area contributed by atoms with E-state index >= 15 is 0 Å². The van der Waals surface area contributed by atoms with Gasteiger partial charge in [-0.05, 0) is 25.7 Å². The molecule has 2 aliphatic rings. The smallest absolute Gasteiger partial charge is 0.236 e. The van der Waals surface area contributed by atoms with Crippen LogP contribution in [0.1, 0.15) is 53.9 Å². The van der Waals surface area contributed by atoms with Gasteiger partial charge in [0.2, 0.25) is 5.91 Å². The Balaban J connectivity index is 1.54. The molecule has 2 aliphatic carbocycles. The van der Waals surface area contributed by atoms with Gasteiger partial charge in [0.15, 0.2) is 10.9 Å². The zero-order valence-corrected chi connectivity index (χ0v) is 12.9. The van der Waals surface area contributed by atoms with Gasteiger partial charge in [-0.1, -0.05) is 24.2 Å². The standard InChI is InChI=1S/C14H18N2O2S2/c17-11-7-3-6-10-13(11)20-14(15-10)16-12(18)8-19-9-4-1-2-5-9/h9H,1-8H2,(H,15,16,18). The first-order valence-corrected chi connectivity index (χ1v) is 9.03. The van der Waals surface area contributed by atoms with Crippen LogP contribution in [0.25, 0.3) is 0 Å². The van der Waals surface area contributed by atoms with Crippen LogP contribution in [-0.4, -0.2) is 27.7 Å². The van der Waals surface area contributed by atoms with E-state index in [-0.39, 0.29) is 11.7 Å². The molecular weight excluding hydrogens is 292 g/mol. The summed E-state index contributed by atoms with van der Waals surface area (Å²) >= 11 is 3.07. The first kappa shape index (κ1) is 14.1. The van der Waals surface area contributed by atoms with Crippen molar-refractivity contribution in [1.29, 1.82) is 0 Å². The molecule has 20 heavy (non-hydrogen) atoms. The van der Waals surface area contributed by atoms with E-state index in [9.17, 15) is 9.59 Å². The maximum Gasteiger partial charge on any atom is 0.236 e. The number of hydrogen-bond acceptors (Lipinski definition) is 5. The molecule has 1 N–H and O–H groups in total. The van der Waals surface area contributed by atoms with E-state index in [2.05, 4.69) is 10.3 Å². The Morgan fingerprint density at radius 2 is 2.10 bits per heavy atom. The highest BCUT2D eigenvalue weighted by Crippen LogP contribution is 2.31. The molecule has 3 rings (SSSR count). The number of aromatic nitrogens is 1. The van der Waals surface area contributed by atoms with E-state index in [1.165, 1.54) is 37.0 Å². The zero-order chi connectivity index (χ0) is 13.9. The maximum absolute atomic E-state index is 11.9. The summed E-state index contributed by atoms with van der Waals surface area (Å²) in [6.07, 6.45) is 7.39. The van der Waals surface area contributed by atoms with Crippen LogP contribution >= 0.6 is 23.1 Å². The lowest BCUT2D eigenvalue weighted by Crippen LogP contribution is -2.15. The Labute approximate surface area is 126 Å². The lowest BCUT2D eigenvalue weighted by atomic mass is 10.0. The molecule has 0 radical (unpaired) electrons.